The number of nitrogens with one attached hydrogen (secondary N) is 1. The molecule has 1 N–H and O–H groups in total. The number of carbonyl (C=O) groups is 1. The molecule has 0 fully saturated rings. The van der Waals surface area contributed by atoms with E-state index in [4.69, 9.17) is 23.2 Å². The average molecular weight is 487 g/mol. The standard InChI is InChI=1S/C24H20Cl2N2O3S/c1-16-20(26)6-4-7-21(16)27-24(29)14-28-13-23(19-5-2-3-8-22(19)28)32(30,31)15-17-9-11-18(25)12-10-17/h2-13H,14-15H2,1H3,(H,27,29). The van der Waals surface area contributed by atoms with Gasteiger partial charge in [0.05, 0.1) is 10.6 Å². The van der Waals surface area contributed by atoms with Crippen molar-refractivity contribution in [2.45, 2.75) is 24.1 Å². The van der Waals surface area contributed by atoms with Gasteiger partial charge in [-0.3, -0.25) is 4.79 Å². The number of benzene rings is 3. The van der Waals surface area contributed by atoms with Gasteiger partial charge in [-0.05, 0) is 48.4 Å². The highest BCUT2D eigenvalue weighted by Gasteiger charge is 2.22. The maximum Gasteiger partial charge on any atom is 0.244 e. The minimum atomic E-state index is -3.65. The van der Waals surface area contributed by atoms with Crippen molar-refractivity contribution in [1.29, 1.82) is 0 Å². The summed E-state index contributed by atoms with van der Waals surface area (Å²) < 4.78 is 28.1. The fraction of sp³-hybridized carbons (Fsp3) is 0.125. The zero-order chi connectivity index (χ0) is 22.9. The molecule has 0 aliphatic rings. The van der Waals surface area contributed by atoms with Gasteiger partial charge in [-0.2, -0.15) is 0 Å². The molecule has 0 aliphatic carbocycles. The van der Waals surface area contributed by atoms with Gasteiger partial charge in [0.25, 0.3) is 0 Å². The van der Waals surface area contributed by atoms with Crippen LogP contribution in [0.15, 0.2) is 77.8 Å². The zero-order valence-corrected chi connectivity index (χ0v) is 19.5. The number of nitrogens with zero attached hydrogens (tertiary/aromatic N) is 1. The van der Waals surface area contributed by atoms with E-state index in [9.17, 15) is 13.2 Å². The van der Waals surface area contributed by atoms with Gasteiger partial charge < -0.3 is 9.88 Å². The van der Waals surface area contributed by atoms with E-state index >= 15 is 0 Å². The SMILES string of the molecule is Cc1c(Cl)cccc1NC(=O)Cn1cc(S(=O)(=O)Cc2ccc(Cl)cc2)c2ccccc21. The monoisotopic (exact) mass is 486 g/mol. The first-order valence-electron chi connectivity index (χ1n) is 9.84. The van der Waals surface area contributed by atoms with E-state index in [2.05, 4.69) is 5.32 Å². The quantitative estimate of drug-likeness (QED) is 0.370. The lowest BCUT2D eigenvalue weighted by Gasteiger charge is -2.10. The molecule has 5 nitrogen and oxygen atoms in total. The largest absolute Gasteiger partial charge is 0.337 e. The van der Waals surface area contributed by atoms with Crippen LogP contribution in [0.1, 0.15) is 11.1 Å². The number of carbonyl (C=O) groups excluding carboxylic acids is 1. The Balaban J connectivity index is 1.64. The second-order valence-electron chi connectivity index (χ2n) is 7.48. The van der Waals surface area contributed by atoms with Crippen LogP contribution < -0.4 is 5.32 Å². The van der Waals surface area contributed by atoms with Crippen LogP contribution in [0.2, 0.25) is 10.0 Å². The average Bonchev–Trinajstić information content (AvgIpc) is 3.12. The Morgan fingerprint density at radius 3 is 2.44 bits per heavy atom. The summed E-state index contributed by atoms with van der Waals surface area (Å²) in [5.41, 5.74) is 2.70. The molecular weight excluding hydrogens is 467 g/mol. The fourth-order valence-corrected chi connectivity index (χ4v) is 5.44. The van der Waals surface area contributed by atoms with Gasteiger partial charge >= 0.3 is 0 Å². The lowest BCUT2D eigenvalue weighted by molar-refractivity contribution is -0.116. The van der Waals surface area contributed by atoms with Gasteiger partial charge in [0.1, 0.15) is 6.54 Å². The second-order valence-corrected chi connectivity index (χ2v) is 10.3. The van der Waals surface area contributed by atoms with Gasteiger partial charge in [-0.15, -0.1) is 0 Å². The third-order valence-corrected chi connectivity index (χ3v) is 7.58. The molecule has 0 bridgehead atoms. The summed E-state index contributed by atoms with van der Waals surface area (Å²) in [6.07, 6.45) is 1.53. The molecule has 0 saturated carbocycles. The summed E-state index contributed by atoms with van der Waals surface area (Å²) in [5, 5.41) is 4.53. The van der Waals surface area contributed by atoms with Crippen molar-refractivity contribution in [3.8, 4) is 0 Å². The molecule has 1 aromatic heterocycles. The Bertz CT molecular complexity index is 1410. The number of halogens is 2. The van der Waals surface area contributed by atoms with Gasteiger partial charge in [-0.25, -0.2) is 8.42 Å². The first-order valence-corrected chi connectivity index (χ1v) is 12.3. The normalized spacial score (nSPS) is 11.6. The third-order valence-electron chi connectivity index (χ3n) is 5.21. The molecule has 1 heterocycles. The van der Waals surface area contributed by atoms with E-state index in [0.717, 1.165) is 5.56 Å². The molecular formula is C24H20Cl2N2O3S. The van der Waals surface area contributed by atoms with Crippen molar-refractivity contribution < 1.29 is 13.2 Å². The predicted octanol–water partition coefficient (Wildman–Crippen LogP) is 5.87. The molecule has 3 aromatic carbocycles. The molecule has 0 saturated heterocycles. The minimum Gasteiger partial charge on any atom is -0.337 e. The van der Waals surface area contributed by atoms with Crippen LogP contribution in [0, 0.1) is 6.92 Å². The Morgan fingerprint density at radius 2 is 1.69 bits per heavy atom. The van der Waals surface area contributed by atoms with Gasteiger partial charge in [0.15, 0.2) is 9.84 Å². The van der Waals surface area contributed by atoms with Crippen LogP contribution >= 0.6 is 23.2 Å². The Hall–Kier alpha value is -2.80. The highest BCUT2D eigenvalue weighted by Crippen LogP contribution is 2.29. The molecule has 0 atom stereocenters. The van der Waals surface area contributed by atoms with Crippen molar-refractivity contribution in [2.75, 3.05) is 5.32 Å². The van der Waals surface area contributed by atoms with Crippen LogP contribution in [0.4, 0.5) is 5.69 Å². The van der Waals surface area contributed by atoms with E-state index in [-0.39, 0.29) is 23.1 Å². The number of aromatic nitrogens is 1. The van der Waals surface area contributed by atoms with Gasteiger partial charge in [0, 0.05) is 32.8 Å². The molecule has 32 heavy (non-hydrogen) atoms. The highest BCUT2D eigenvalue weighted by atomic mass is 35.5. The van der Waals surface area contributed by atoms with E-state index in [1.807, 2.05) is 13.0 Å². The Morgan fingerprint density at radius 1 is 0.969 bits per heavy atom. The molecule has 4 aromatic rings. The lowest BCUT2D eigenvalue weighted by atomic mass is 10.2. The van der Waals surface area contributed by atoms with Gasteiger partial charge in [0.2, 0.25) is 5.91 Å². The van der Waals surface area contributed by atoms with Crippen LogP contribution in [0.3, 0.4) is 0 Å². The van der Waals surface area contributed by atoms with Crippen molar-refractivity contribution in [2.24, 2.45) is 0 Å². The van der Waals surface area contributed by atoms with Crippen molar-refractivity contribution in [3.63, 3.8) is 0 Å². The van der Waals surface area contributed by atoms with Crippen LogP contribution in [-0.2, 0) is 26.9 Å². The number of amides is 1. The number of rotatable bonds is 6. The predicted molar refractivity (Wildman–Crippen MR) is 129 cm³/mol. The lowest BCUT2D eigenvalue weighted by Crippen LogP contribution is -2.19. The Labute approximate surface area is 196 Å². The first-order chi connectivity index (χ1) is 15.2. The van der Waals surface area contributed by atoms with Crippen molar-refractivity contribution in [1.82, 2.24) is 4.57 Å². The molecule has 1 amide bonds. The molecule has 0 unspecified atom stereocenters. The third kappa shape index (κ3) is 4.67. The number of hydrogen-bond donors (Lipinski definition) is 1. The van der Waals surface area contributed by atoms with Crippen molar-refractivity contribution in [3.05, 3.63) is 94.1 Å². The summed E-state index contributed by atoms with van der Waals surface area (Å²) in [7, 11) is -3.65. The second kappa shape index (κ2) is 8.98. The summed E-state index contributed by atoms with van der Waals surface area (Å²) in [5.74, 6) is -0.440. The summed E-state index contributed by atoms with van der Waals surface area (Å²) in [4.78, 5) is 12.9. The number of anilines is 1. The minimum absolute atomic E-state index is 0.0388. The van der Waals surface area contributed by atoms with Gasteiger partial charge in [-0.1, -0.05) is 59.6 Å². The molecule has 4 rings (SSSR count). The van der Waals surface area contributed by atoms with E-state index in [1.54, 1.807) is 65.2 Å². The van der Waals surface area contributed by atoms with Crippen LogP contribution in [0.5, 0.6) is 0 Å². The molecule has 0 radical (unpaired) electrons. The van der Waals surface area contributed by atoms with E-state index < -0.39 is 9.84 Å². The van der Waals surface area contributed by atoms with Crippen LogP contribution in [-0.4, -0.2) is 18.9 Å². The van der Waals surface area contributed by atoms with Crippen LogP contribution in [0.25, 0.3) is 10.9 Å². The number of hydrogen-bond acceptors (Lipinski definition) is 3. The summed E-state index contributed by atoms with van der Waals surface area (Å²) in [6.45, 7) is 1.79. The molecule has 8 heteroatoms. The topological polar surface area (TPSA) is 68.2 Å². The summed E-state index contributed by atoms with van der Waals surface area (Å²) in [6, 6.07) is 19.1. The number of fused-ring (bicyclic) bond motifs is 1. The molecule has 164 valence electrons. The highest BCUT2D eigenvalue weighted by molar-refractivity contribution is 7.90. The molecule has 0 spiro atoms. The molecule has 0 aliphatic heterocycles. The number of para-hydroxylation sites is 1. The summed E-state index contributed by atoms with van der Waals surface area (Å²) >= 11 is 12.0. The van der Waals surface area contributed by atoms with E-state index in [1.165, 1.54) is 6.20 Å². The van der Waals surface area contributed by atoms with E-state index in [0.29, 0.717) is 32.2 Å². The smallest absolute Gasteiger partial charge is 0.244 e. The van der Waals surface area contributed by atoms with Crippen molar-refractivity contribution >= 4 is 55.5 Å². The fourth-order valence-electron chi connectivity index (χ4n) is 3.56. The first kappa shape index (κ1) is 22.4. The zero-order valence-electron chi connectivity index (χ0n) is 17.2. The maximum atomic E-state index is 13.2. The maximum absolute atomic E-state index is 13.2. The number of sulfone groups is 1. The Kier molecular flexibility index (Phi) is 6.29.